The summed E-state index contributed by atoms with van der Waals surface area (Å²) in [7, 11) is 0. The van der Waals surface area contributed by atoms with Crippen LogP contribution < -0.4 is 0 Å². The Balaban J connectivity index is 2.28. The van der Waals surface area contributed by atoms with E-state index in [1.165, 1.54) is 0 Å². The maximum Gasteiger partial charge on any atom is 0.326 e. The average Bonchev–Trinajstić information content (AvgIpc) is 2.77. The average molecular weight is 218 g/mol. The van der Waals surface area contributed by atoms with Crippen LogP contribution >= 0.6 is 0 Å². The van der Waals surface area contributed by atoms with E-state index in [9.17, 15) is 4.79 Å². The van der Waals surface area contributed by atoms with Crippen molar-refractivity contribution < 1.29 is 9.90 Å². The Labute approximate surface area is 93.9 Å². The fourth-order valence-corrected chi connectivity index (χ4v) is 1.83. The van der Waals surface area contributed by atoms with Gasteiger partial charge in [-0.2, -0.15) is 0 Å². The van der Waals surface area contributed by atoms with Gasteiger partial charge in [0.05, 0.1) is 0 Å². The van der Waals surface area contributed by atoms with Gasteiger partial charge in [-0.1, -0.05) is 24.3 Å². The van der Waals surface area contributed by atoms with E-state index >= 15 is 0 Å². The van der Waals surface area contributed by atoms with Crippen molar-refractivity contribution in [3.05, 3.63) is 42.5 Å². The van der Waals surface area contributed by atoms with Gasteiger partial charge in [-0.05, 0) is 13.3 Å². The molecule has 2 unspecified atom stereocenters. The second-order valence-corrected chi connectivity index (χ2v) is 3.86. The number of imidazole rings is 1. The van der Waals surface area contributed by atoms with Crippen molar-refractivity contribution in [2.75, 3.05) is 0 Å². The van der Waals surface area contributed by atoms with Crippen LogP contribution in [0.15, 0.2) is 36.7 Å². The molecule has 4 nitrogen and oxygen atoms in total. The third-order valence-corrected chi connectivity index (χ3v) is 2.79. The highest BCUT2D eigenvalue weighted by atomic mass is 16.4. The Morgan fingerprint density at radius 1 is 1.62 bits per heavy atom. The molecule has 1 aromatic rings. The zero-order valence-corrected chi connectivity index (χ0v) is 9.08. The maximum atomic E-state index is 11.0. The van der Waals surface area contributed by atoms with Gasteiger partial charge in [0.1, 0.15) is 11.9 Å². The van der Waals surface area contributed by atoms with Gasteiger partial charge in [0.25, 0.3) is 0 Å². The van der Waals surface area contributed by atoms with Crippen LogP contribution in [-0.4, -0.2) is 20.6 Å². The molecule has 1 N–H and O–H groups in total. The second kappa shape index (κ2) is 4.35. The lowest BCUT2D eigenvalue weighted by Gasteiger charge is -2.17. The SMILES string of the molecule is CC(C(=O)O)n1ccnc1C1C=CC=CC1. The van der Waals surface area contributed by atoms with Crippen LogP contribution in [0.5, 0.6) is 0 Å². The molecular weight excluding hydrogens is 204 g/mol. The van der Waals surface area contributed by atoms with Crippen LogP contribution in [0.3, 0.4) is 0 Å². The van der Waals surface area contributed by atoms with E-state index in [0.717, 1.165) is 12.2 Å². The minimum Gasteiger partial charge on any atom is -0.480 e. The highest BCUT2D eigenvalue weighted by molar-refractivity contribution is 5.71. The molecule has 1 heterocycles. The largest absolute Gasteiger partial charge is 0.480 e. The summed E-state index contributed by atoms with van der Waals surface area (Å²) in [6, 6.07) is -0.572. The third kappa shape index (κ3) is 1.91. The molecule has 0 saturated heterocycles. The highest BCUT2D eigenvalue weighted by Gasteiger charge is 2.20. The van der Waals surface area contributed by atoms with Crippen LogP contribution in [0.4, 0.5) is 0 Å². The summed E-state index contributed by atoms with van der Waals surface area (Å²) in [6.07, 6.45) is 12.3. The predicted molar refractivity (Wildman–Crippen MR) is 60.2 cm³/mol. The molecule has 0 aliphatic heterocycles. The van der Waals surface area contributed by atoms with Crippen molar-refractivity contribution in [3.63, 3.8) is 0 Å². The number of nitrogens with zero attached hydrogens (tertiary/aromatic N) is 2. The van der Waals surface area contributed by atoms with Gasteiger partial charge in [-0.15, -0.1) is 0 Å². The normalized spacial score (nSPS) is 20.9. The zero-order chi connectivity index (χ0) is 11.5. The summed E-state index contributed by atoms with van der Waals surface area (Å²) in [4.78, 5) is 15.2. The number of rotatable bonds is 3. The number of hydrogen-bond donors (Lipinski definition) is 1. The summed E-state index contributed by atoms with van der Waals surface area (Å²) < 4.78 is 1.72. The first-order valence-electron chi connectivity index (χ1n) is 5.29. The van der Waals surface area contributed by atoms with Gasteiger partial charge < -0.3 is 9.67 Å². The lowest BCUT2D eigenvalue weighted by atomic mass is 10.00. The first-order valence-corrected chi connectivity index (χ1v) is 5.29. The number of aromatic nitrogens is 2. The monoisotopic (exact) mass is 218 g/mol. The van der Waals surface area contributed by atoms with Crippen molar-refractivity contribution in [2.24, 2.45) is 0 Å². The molecule has 4 heteroatoms. The first-order chi connectivity index (χ1) is 7.70. The smallest absolute Gasteiger partial charge is 0.326 e. The Hall–Kier alpha value is -1.84. The van der Waals surface area contributed by atoms with Gasteiger partial charge in [-0.3, -0.25) is 0 Å². The number of carbonyl (C=O) groups is 1. The molecule has 0 spiro atoms. The van der Waals surface area contributed by atoms with Crippen molar-refractivity contribution in [1.29, 1.82) is 0 Å². The molecule has 2 atom stereocenters. The van der Waals surface area contributed by atoms with E-state index in [2.05, 4.69) is 11.1 Å². The van der Waals surface area contributed by atoms with Crippen LogP contribution in [-0.2, 0) is 4.79 Å². The Kier molecular flexibility index (Phi) is 2.90. The van der Waals surface area contributed by atoms with Gasteiger partial charge >= 0.3 is 5.97 Å². The van der Waals surface area contributed by atoms with Crippen molar-refractivity contribution in [2.45, 2.75) is 25.3 Å². The topological polar surface area (TPSA) is 55.1 Å². The van der Waals surface area contributed by atoms with Gasteiger partial charge in [0.15, 0.2) is 0 Å². The molecule has 0 radical (unpaired) electrons. The molecule has 16 heavy (non-hydrogen) atoms. The minimum atomic E-state index is -0.838. The quantitative estimate of drug-likeness (QED) is 0.845. The van der Waals surface area contributed by atoms with E-state index in [0.29, 0.717) is 0 Å². The molecule has 0 bridgehead atoms. The molecule has 1 aromatic heterocycles. The summed E-state index contributed by atoms with van der Waals surface area (Å²) in [6.45, 7) is 1.66. The molecule has 1 aliphatic rings. The maximum absolute atomic E-state index is 11.0. The molecule has 0 amide bonds. The summed E-state index contributed by atoms with van der Waals surface area (Å²) in [5.41, 5.74) is 0. The Bertz CT molecular complexity index is 446. The van der Waals surface area contributed by atoms with Crippen LogP contribution in [0.2, 0.25) is 0 Å². The number of carboxylic acid groups (broad SMARTS) is 1. The van der Waals surface area contributed by atoms with Gasteiger partial charge in [0.2, 0.25) is 0 Å². The number of allylic oxidation sites excluding steroid dienone is 4. The molecule has 2 rings (SSSR count). The molecule has 84 valence electrons. The fourth-order valence-electron chi connectivity index (χ4n) is 1.83. The number of hydrogen-bond acceptors (Lipinski definition) is 2. The highest BCUT2D eigenvalue weighted by Crippen LogP contribution is 2.25. The summed E-state index contributed by atoms with van der Waals surface area (Å²) >= 11 is 0. The molecular formula is C12H14N2O2. The van der Waals surface area contributed by atoms with E-state index in [1.54, 1.807) is 23.9 Å². The summed E-state index contributed by atoms with van der Waals surface area (Å²) in [5, 5.41) is 9.00. The molecule has 0 fully saturated rings. The third-order valence-electron chi connectivity index (χ3n) is 2.79. The van der Waals surface area contributed by atoms with E-state index in [1.807, 2.05) is 18.2 Å². The van der Waals surface area contributed by atoms with Crippen LogP contribution in [0.25, 0.3) is 0 Å². The Morgan fingerprint density at radius 2 is 2.44 bits per heavy atom. The van der Waals surface area contributed by atoms with Crippen molar-refractivity contribution >= 4 is 5.97 Å². The minimum absolute atomic E-state index is 0.182. The first kappa shape index (κ1) is 10.7. The van der Waals surface area contributed by atoms with E-state index in [4.69, 9.17) is 5.11 Å². The number of aliphatic carboxylic acids is 1. The lowest BCUT2D eigenvalue weighted by molar-refractivity contribution is -0.140. The second-order valence-electron chi connectivity index (χ2n) is 3.86. The summed E-state index contributed by atoms with van der Waals surface area (Å²) in [5.74, 6) is 0.159. The molecule has 0 aromatic carbocycles. The number of carboxylic acids is 1. The van der Waals surface area contributed by atoms with Gasteiger partial charge in [0, 0.05) is 18.3 Å². The lowest BCUT2D eigenvalue weighted by Crippen LogP contribution is -2.18. The van der Waals surface area contributed by atoms with Gasteiger partial charge in [-0.25, -0.2) is 9.78 Å². The Morgan fingerprint density at radius 3 is 3.06 bits per heavy atom. The molecule has 0 saturated carbocycles. The predicted octanol–water partition coefficient (Wildman–Crippen LogP) is 2.13. The van der Waals surface area contributed by atoms with Crippen molar-refractivity contribution in [1.82, 2.24) is 9.55 Å². The van der Waals surface area contributed by atoms with Crippen LogP contribution in [0.1, 0.15) is 31.1 Å². The fraction of sp³-hybridized carbons (Fsp3) is 0.333. The van der Waals surface area contributed by atoms with E-state index in [-0.39, 0.29) is 5.92 Å². The molecule has 1 aliphatic carbocycles. The van der Waals surface area contributed by atoms with Crippen molar-refractivity contribution in [3.8, 4) is 0 Å². The standard InChI is InChI=1S/C12H14N2O2/c1-9(12(15)16)14-8-7-13-11(14)10-5-3-2-4-6-10/h2-5,7-10H,6H2,1H3,(H,15,16). The zero-order valence-electron chi connectivity index (χ0n) is 9.08. The van der Waals surface area contributed by atoms with E-state index < -0.39 is 12.0 Å². The van der Waals surface area contributed by atoms with Crippen LogP contribution in [0, 0.1) is 0 Å².